The predicted molar refractivity (Wildman–Crippen MR) is 64.1 cm³/mol. The van der Waals surface area contributed by atoms with Gasteiger partial charge in [0.2, 0.25) is 0 Å². The van der Waals surface area contributed by atoms with Crippen LogP contribution in [0.2, 0.25) is 0 Å². The monoisotopic (exact) mass is 271 g/mol. The maximum atomic E-state index is 11.7. The first-order chi connectivity index (χ1) is 8.84. The van der Waals surface area contributed by atoms with Gasteiger partial charge in [0.25, 0.3) is 0 Å². The summed E-state index contributed by atoms with van der Waals surface area (Å²) in [6, 6.07) is 0. The van der Waals surface area contributed by atoms with Gasteiger partial charge in [-0.1, -0.05) is 0 Å². The number of aliphatic carboxylic acids is 1. The van der Waals surface area contributed by atoms with E-state index in [4.69, 9.17) is 5.11 Å². The van der Waals surface area contributed by atoms with Gasteiger partial charge in [0, 0.05) is 20.0 Å². The Labute approximate surface area is 106 Å². The number of carboxylic acid groups (broad SMARTS) is 1. The number of unbranched alkanes of at least 4 members (excludes halogenated alkanes) is 1. The topological polar surface area (TPSA) is 124 Å². The second-order valence-electron chi connectivity index (χ2n) is 3.97. The molecule has 0 aliphatic carbocycles. The molecule has 0 spiro atoms. The first kappa shape index (κ1) is 14.6. The molecule has 19 heavy (non-hydrogen) atoms. The van der Waals surface area contributed by atoms with Crippen molar-refractivity contribution in [1.82, 2.24) is 9.13 Å². The van der Waals surface area contributed by atoms with Crippen LogP contribution < -0.4 is 11.2 Å². The lowest BCUT2D eigenvalue weighted by Crippen LogP contribution is -2.39. The summed E-state index contributed by atoms with van der Waals surface area (Å²) in [7, 11) is 1.31. The molecule has 0 aromatic carbocycles. The zero-order chi connectivity index (χ0) is 14.6. The molecule has 0 saturated heterocycles. The van der Waals surface area contributed by atoms with Crippen molar-refractivity contribution in [3.8, 4) is 0 Å². The van der Waals surface area contributed by atoms with Crippen LogP contribution in [0.15, 0.2) is 15.8 Å². The number of hydrogen-bond acceptors (Lipinski definition) is 5. The minimum Gasteiger partial charge on any atom is -0.481 e. The Bertz CT molecular complexity index is 615. The summed E-state index contributed by atoms with van der Waals surface area (Å²) in [4.78, 5) is 43.5. The van der Waals surface area contributed by atoms with E-state index in [2.05, 4.69) is 0 Å². The SMILES string of the molecule is Cn1cc([N+](=O)[O-])c(=O)n(CCCCC(=O)O)c1=O. The van der Waals surface area contributed by atoms with Gasteiger partial charge in [-0.15, -0.1) is 0 Å². The average molecular weight is 271 g/mol. The highest BCUT2D eigenvalue weighted by molar-refractivity contribution is 5.66. The number of nitro groups is 1. The molecule has 104 valence electrons. The van der Waals surface area contributed by atoms with Gasteiger partial charge in [-0.25, -0.2) is 4.79 Å². The highest BCUT2D eigenvalue weighted by Crippen LogP contribution is 2.01. The summed E-state index contributed by atoms with van der Waals surface area (Å²) in [6.07, 6.45) is 1.36. The lowest BCUT2D eigenvalue weighted by molar-refractivity contribution is -0.387. The quantitative estimate of drug-likeness (QED) is 0.430. The van der Waals surface area contributed by atoms with E-state index >= 15 is 0 Å². The lowest BCUT2D eigenvalue weighted by Gasteiger charge is -2.06. The largest absolute Gasteiger partial charge is 0.481 e. The van der Waals surface area contributed by atoms with Crippen LogP contribution in [-0.4, -0.2) is 25.1 Å². The molecule has 1 heterocycles. The van der Waals surface area contributed by atoms with Crippen molar-refractivity contribution in [3.05, 3.63) is 37.1 Å². The maximum absolute atomic E-state index is 11.7. The molecule has 0 aliphatic heterocycles. The van der Waals surface area contributed by atoms with Gasteiger partial charge >= 0.3 is 22.9 Å². The van der Waals surface area contributed by atoms with Crippen LogP contribution in [0, 0.1) is 10.1 Å². The molecular formula is C10H13N3O6. The Hall–Kier alpha value is -2.45. The van der Waals surface area contributed by atoms with Crippen LogP contribution >= 0.6 is 0 Å². The first-order valence-electron chi connectivity index (χ1n) is 5.51. The Balaban J connectivity index is 3.00. The molecule has 0 radical (unpaired) electrons. The van der Waals surface area contributed by atoms with Crippen molar-refractivity contribution in [2.45, 2.75) is 25.8 Å². The van der Waals surface area contributed by atoms with Crippen LogP contribution in [0.1, 0.15) is 19.3 Å². The van der Waals surface area contributed by atoms with Gasteiger partial charge in [0.15, 0.2) is 0 Å². The molecule has 9 heteroatoms. The standard InChI is InChI=1S/C10H13N3O6/c1-11-6-7(13(18)19)9(16)12(10(11)17)5-3-2-4-8(14)15/h6H,2-5H2,1H3,(H,14,15). The zero-order valence-electron chi connectivity index (χ0n) is 10.2. The van der Waals surface area contributed by atoms with Crippen molar-refractivity contribution in [3.63, 3.8) is 0 Å². The molecule has 0 amide bonds. The van der Waals surface area contributed by atoms with E-state index in [-0.39, 0.29) is 25.8 Å². The number of nitrogens with zero attached hydrogens (tertiary/aromatic N) is 3. The molecule has 0 bridgehead atoms. The van der Waals surface area contributed by atoms with Gasteiger partial charge in [-0.3, -0.25) is 28.8 Å². The zero-order valence-corrected chi connectivity index (χ0v) is 10.2. The summed E-state index contributed by atoms with van der Waals surface area (Å²) < 4.78 is 1.71. The smallest absolute Gasteiger partial charge is 0.350 e. The molecule has 0 aliphatic rings. The van der Waals surface area contributed by atoms with E-state index in [0.717, 1.165) is 15.3 Å². The van der Waals surface area contributed by atoms with E-state index in [1.807, 2.05) is 0 Å². The summed E-state index contributed by atoms with van der Waals surface area (Å²) >= 11 is 0. The van der Waals surface area contributed by atoms with Crippen molar-refractivity contribution in [1.29, 1.82) is 0 Å². The fourth-order valence-corrected chi connectivity index (χ4v) is 1.58. The third-order valence-corrected chi connectivity index (χ3v) is 2.53. The third-order valence-electron chi connectivity index (χ3n) is 2.53. The van der Waals surface area contributed by atoms with Crippen LogP contribution in [-0.2, 0) is 18.4 Å². The molecule has 1 rings (SSSR count). The lowest BCUT2D eigenvalue weighted by atomic mass is 10.2. The number of carboxylic acids is 1. The first-order valence-corrected chi connectivity index (χ1v) is 5.51. The number of aryl methyl sites for hydroxylation is 1. The van der Waals surface area contributed by atoms with E-state index in [1.54, 1.807) is 0 Å². The number of aromatic nitrogens is 2. The summed E-state index contributed by atoms with van der Waals surface area (Å²) in [5, 5.41) is 19.1. The van der Waals surface area contributed by atoms with Crippen LogP contribution in [0.25, 0.3) is 0 Å². The van der Waals surface area contributed by atoms with Crippen LogP contribution in [0.5, 0.6) is 0 Å². The predicted octanol–water partition coefficient (Wildman–Crippen LogP) is -0.290. The van der Waals surface area contributed by atoms with Crippen LogP contribution in [0.4, 0.5) is 5.69 Å². The Kier molecular flexibility index (Phi) is 4.56. The minimum absolute atomic E-state index is 0.0412. The molecule has 0 atom stereocenters. The molecule has 1 aromatic heterocycles. The summed E-state index contributed by atoms with van der Waals surface area (Å²) in [6.45, 7) is -0.0412. The average Bonchev–Trinajstić information content (AvgIpc) is 2.32. The second kappa shape index (κ2) is 5.94. The number of hydrogen-bond donors (Lipinski definition) is 1. The van der Waals surface area contributed by atoms with E-state index in [9.17, 15) is 24.5 Å². The van der Waals surface area contributed by atoms with Crippen molar-refractivity contribution < 1.29 is 14.8 Å². The molecular weight excluding hydrogens is 258 g/mol. The van der Waals surface area contributed by atoms with Crippen molar-refractivity contribution >= 4 is 11.7 Å². The summed E-state index contributed by atoms with van der Waals surface area (Å²) in [5.41, 5.74) is -2.31. The van der Waals surface area contributed by atoms with Crippen LogP contribution in [0.3, 0.4) is 0 Å². The van der Waals surface area contributed by atoms with Gasteiger partial charge in [-0.05, 0) is 12.8 Å². The number of carbonyl (C=O) groups is 1. The summed E-state index contributed by atoms with van der Waals surface area (Å²) in [5.74, 6) is -0.973. The number of rotatable bonds is 6. The minimum atomic E-state index is -0.973. The highest BCUT2D eigenvalue weighted by Gasteiger charge is 2.18. The van der Waals surface area contributed by atoms with Gasteiger partial charge in [-0.2, -0.15) is 0 Å². The Morgan fingerprint density at radius 2 is 2.05 bits per heavy atom. The third kappa shape index (κ3) is 3.50. The van der Waals surface area contributed by atoms with E-state index in [1.165, 1.54) is 7.05 Å². The molecule has 0 unspecified atom stereocenters. The van der Waals surface area contributed by atoms with Gasteiger partial charge in [0.05, 0.1) is 11.1 Å². The normalized spacial score (nSPS) is 10.4. The molecule has 0 saturated carbocycles. The van der Waals surface area contributed by atoms with Crippen molar-refractivity contribution in [2.75, 3.05) is 0 Å². The maximum Gasteiger partial charge on any atom is 0.350 e. The Morgan fingerprint density at radius 1 is 1.42 bits per heavy atom. The fourth-order valence-electron chi connectivity index (χ4n) is 1.58. The highest BCUT2D eigenvalue weighted by atomic mass is 16.6. The molecule has 1 N–H and O–H groups in total. The van der Waals surface area contributed by atoms with E-state index < -0.39 is 27.8 Å². The van der Waals surface area contributed by atoms with E-state index in [0.29, 0.717) is 0 Å². The molecule has 9 nitrogen and oxygen atoms in total. The van der Waals surface area contributed by atoms with Crippen molar-refractivity contribution in [2.24, 2.45) is 7.05 Å². The molecule has 1 aromatic rings. The second-order valence-corrected chi connectivity index (χ2v) is 3.97. The van der Waals surface area contributed by atoms with Gasteiger partial charge < -0.3 is 5.11 Å². The Morgan fingerprint density at radius 3 is 2.58 bits per heavy atom. The van der Waals surface area contributed by atoms with Gasteiger partial charge in [0.1, 0.15) is 0 Å². The fraction of sp³-hybridized carbons (Fsp3) is 0.500. The molecule has 0 fully saturated rings.